The zero-order valence-electron chi connectivity index (χ0n) is 21.3. The van der Waals surface area contributed by atoms with Crippen LogP contribution in [0, 0.1) is 0 Å². The molecular weight excluding hydrogens is 689 g/mol. The first-order valence-electron chi connectivity index (χ1n) is 13.0. The SMILES string of the molecule is [Ir].c1ccc2c(c1)-c1nc-2nc2[nH]c(nc3nc(nc4[nH]c(n1)c1ccccc41)-c1ccccc1-3)c1ccccc21. The number of rotatable bonds is 0. The number of hydrogen-bond acceptors (Lipinski definition) is 6. The first-order valence-corrected chi connectivity index (χ1v) is 13.0. The van der Waals surface area contributed by atoms with Crippen molar-refractivity contribution in [3.05, 3.63) is 97.1 Å². The van der Waals surface area contributed by atoms with Crippen molar-refractivity contribution in [1.29, 1.82) is 0 Å². The van der Waals surface area contributed by atoms with Gasteiger partial charge in [0.15, 0.2) is 23.3 Å². The molecule has 0 saturated heterocycles. The van der Waals surface area contributed by atoms with Gasteiger partial charge in [-0.15, -0.1) is 0 Å². The molecule has 1 radical (unpaired) electrons. The molecule has 8 bridgehead atoms. The van der Waals surface area contributed by atoms with Crippen molar-refractivity contribution >= 4 is 44.1 Å². The van der Waals surface area contributed by atoms with Crippen molar-refractivity contribution in [2.45, 2.75) is 0 Å². The van der Waals surface area contributed by atoms with Gasteiger partial charge in [0.1, 0.15) is 22.6 Å². The van der Waals surface area contributed by atoms with E-state index in [1.54, 1.807) is 0 Å². The van der Waals surface area contributed by atoms with Gasteiger partial charge in [0.25, 0.3) is 0 Å². The Morgan fingerprint density at radius 2 is 0.561 bits per heavy atom. The van der Waals surface area contributed by atoms with Gasteiger partial charge >= 0.3 is 0 Å². The third-order valence-electron chi connectivity index (χ3n) is 7.46. The average Bonchev–Trinajstić information content (AvgIpc) is 3.73. The average molecular weight is 707 g/mol. The van der Waals surface area contributed by atoms with Gasteiger partial charge in [0.05, 0.1) is 0 Å². The summed E-state index contributed by atoms with van der Waals surface area (Å²) >= 11 is 0. The topological polar surface area (TPSA) is 109 Å². The van der Waals surface area contributed by atoms with Gasteiger partial charge in [-0.1, -0.05) is 97.1 Å². The van der Waals surface area contributed by atoms with Gasteiger partial charge in [0.2, 0.25) is 0 Å². The Bertz CT molecular complexity index is 2030. The van der Waals surface area contributed by atoms with E-state index >= 15 is 0 Å². The maximum Gasteiger partial charge on any atom is 0.164 e. The smallest absolute Gasteiger partial charge is 0.164 e. The van der Waals surface area contributed by atoms with E-state index in [1.807, 2.05) is 97.1 Å². The van der Waals surface area contributed by atoms with Crippen LogP contribution in [0.3, 0.4) is 0 Å². The standard InChI is InChI=1S/C32H18N8.Ir/c1-2-10-18-17(9-1)25-33-26(18)38-28-21-13-5-6-14-22(21)30(35-28)40-32-24-16-8-7-15-23(24)31(36-32)39-29-20-12-4-3-11-19(20)27(34-29)37-25;/h1-16H,(H2,33,34,35,36,37,38,39,40);. The molecule has 195 valence electrons. The van der Waals surface area contributed by atoms with Crippen molar-refractivity contribution in [3.8, 4) is 45.6 Å². The van der Waals surface area contributed by atoms with Crippen LogP contribution in [-0.2, 0) is 20.1 Å². The molecule has 2 aliphatic heterocycles. The second-order valence-electron chi connectivity index (χ2n) is 9.79. The van der Waals surface area contributed by atoms with Crippen LogP contribution >= 0.6 is 0 Å². The van der Waals surface area contributed by atoms with E-state index < -0.39 is 0 Å². The summed E-state index contributed by atoms with van der Waals surface area (Å²) < 4.78 is 0. The minimum Gasteiger partial charge on any atom is -0.324 e. The largest absolute Gasteiger partial charge is 0.324 e. The van der Waals surface area contributed by atoms with Crippen LogP contribution < -0.4 is 0 Å². The normalized spacial score (nSPS) is 11.7. The summed E-state index contributed by atoms with van der Waals surface area (Å²) in [5.41, 5.74) is 6.45. The zero-order chi connectivity index (χ0) is 26.2. The number of hydrogen-bond donors (Lipinski definition) is 2. The third kappa shape index (κ3) is 3.57. The molecule has 0 fully saturated rings. The molecule has 0 saturated carbocycles. The van der Waals surface area contributed by atoms with E-state index in [2.05, 4.69) is 9.97 Å². The van der Waals surface area contributed by atoms with Crippen LogP contribution in [0.1, 0.15) is 0 Å². The van der Waals surface area contributed by atoms with E-state index in [0.29, 0.717) is 45.9 Å². The monoisotopic (exact) mass is 707 g/mol. The molecule has 5 heterocycles. The summed E-state index contributed by atoms with van der Waals surface area (Å²) in [6.07, 6.45) is 0. The van der Waals surface area contributed by atoms with E-state index in [9.17, 15) is 0 Å². The fourth-order valence-corrected chi connectivity index (χ4v) is 5.59. The Balaban J connectivity index is 0.00000256. The molecule has 0 atom stereocenters. The predicted molar refractivity (Wildman–Crippen MR) is 156 cm³/mol. The summed E-state index contributed by atoms with van der Waals surface area (Å²) in [5.74, 6) is 2.39. The summed E-state index contributed by atoms with van der Waals surface area (Å²) in [6, 6.07) is 32.2. The summed E-state index contributed by atoms with van der Waals surface area (Å²) in [5, 5.41) is 3.82. The molecule has 2 N–H and O–H groups in total. The number of nitrogens with one attached hydrogen (secondary N) is 2. The molecule has 41 heavy (non-hydrogen) atoms. The third-order valence-corrected chi connectivity index (χ3v) is 7.46. The van der Waals surface area contributed by atoms with Crippen LogP contribution in [0.15, 0.2) is 97.1 Å². The molecular formula is C32H18IrN8. The van der Waals surface area contributed by atoms with Gasteiger partial charge in [-0.2, -0.15) is 0 Å². The Morgan fingerprint density at radius 1 is 0.317 bits per heavy atom. The van der Waals surface area contributed by atoms with Crippen LogP contribution in [0.4, 0.5) is 0 Å². The van der Waals surface area contributed by atoms with E-state index in [1.165, 1.54) is 0 Å². The minimum atomic E-state index is 0. The fraction of sp³-hybridized carbons (Fsp3) is 0. The van der Waals surface area contributed by atoms with E-state index in [0.717, 1.165) is 43.8 Å². The number of aromatic nitrogens is 8. The maximum atomic E-state index is 5.02. The van der Waals surface area contributed by atoms with Crippen molar-refractivity contribution in [2.75, 3.05) is 0 Å². The van der Waals surface area contributed by atoms with Crippen molar-refractivity contribution in [2.24, 2.45) is 0 Å². The van der Waals surface area contributed by atoms with E-state index in [4.69, 9.17) is 29.9 Å². The first kappa shape index (κ1) is 23.7. The molecule has 0 unspecified atom stereocenters. The van der Waals surface area contributed by atoms with Gasteiger partial charge in [-0.3, -0.25) is 0 Å². The minimum absolute atomic E-state index is 0. The second kappa shape index (κ2) is 8.96. The van der Waals surface area contributed by atoms with Crippen LogP contribution in [0.25, 0.3) is 89.7 Å². The Labute approximate surface area is 246 Å². The van der Waals surface area contributed by atoms with Crippen molar-refractivity contribution in [3.63, 3.8) is 0 Å². The zero-order valence-corrected chi connectivity index (χ0v) is 23.6. The maximum absolute atomic E-state index is 5.02. The Kier molecular flexibility index (Phi) is 5.19. The Morgan fingerprint density at radius 3 is 0.829 bits per heavy atom. The van der Waals surface area contributed by atoms with Crippen LogP contribution in [-0.4, -0.2) is 39.9 Å². The molecule has 9 heteroatoms. The van der Waals surface area contributed by atoms with Crippen LogP contribution in [0.5, 0.6) is 0 Å². The summed E-state index contributed by atoms with van der Waals surface area (Å²) in [6.45, 7) is 0. The summed E-state index contributed by atoms with van der Waals surface area (Å²) in [7, 11) is 0. The van der Waals surface area contributed by atoms with Crippen molar-refractivity contribution < 1.29 is 20.1 Å². The van der Waals surface area contributed by atoms with E-state index in [-0.39, 0.29) is 20.1 Å². The Hall–Kier alpha value is -5.11. The number of aromatic amines is 2. The number of nitrogens with zero attached hydrogens (tertiary/aromatic N) is 6. The molecule has 7 aromatic rings. The quantitative estimate of drug-likeness (QED) is 0.178. The number of H-pyrrole nitrogens is 2. The number of benzene rings is 4. The molecule has 9 rings (SSSR count). The van der Waals surface area contributed by atoms with Gasteiger partial charge in [-0.05, 0) is 0 Å². The predicted octanol–water partition coefficient (Wildman–Crippen LogP) is 6.87. The van der Waals surface area contributed by atoms with Gasteiger partial charge in [-0.25, -0.2) is 29.9 Å². The van der Waals surface area contributed by atoms with Gasteiger partial charge in [0, 0.05) is 63.9 Å². The van der Waals surface area contributed by atoms with Crippen LogP contribution in [0.2, 0.25) is 0 Å². The molecule has 0 aliphatic carbocycles. The van der Waals surface area contributed by atoms with Crippen molar-refractivity contribution in [1.82, 2.24) is 39.9 Å². The molecule has 2 aliphatic rings. The molecule has 0 amide bonds. The number of fused-ring (bicyclic) bond motifs is 20. The van der Waals surface area contributed by atoms with Gasteiger partial charge < -0.3 is 9.97 Å². The summed E-state index contributed by atoms with van der Waals surface area (Å²) in [4.78, 5) is 36.8. The first-order chi connectivity index (χ1) is 19.8. The second-order valence-corrected chi connectivity index (χ2v) is 9.79. The molecule has 3 aromatic heterocycles. The molecule has 8 nitrogen and oxygen atoms in total. The molecule has 4 aromatic carbocycles. The fourth-order valence-electron chi connectivity index (χ4n) is 5.59. The molecule has 0 spiro atoms.